The summed E-state index contributed by atoms with van der Waals surface area (Å²) in [5.74, 6) is 0.660. The first-order valence-corrected chi connectivity index (χ1v) is 3.24. The molecule has 1 heterocycles. The first-order valence-electron chi connectivity index (χ1n) is 3.24. The fourth-order valence-corrected chi connectivity index (χ4v) is 0.754. The van der Waals surface area contributed by atoms with Crippen LogP contribution in [-0.2, 0) is 0 Å². The van der Waals surface area contributed by atoms with Gasteiger partial charge >= 0.3 is 0 Å². The minimum absolute atomic E-state index is 0.660. The molecule has 1 aliphatic heterocycles. The van der Waals surface area contributed by atoms with Gasteiger partial charge < -0.3 is 0 Å². The lowest BCUT2D eigenvalue weighted by atomic mass is 10.1. The predicted molar refractivity (Wildman–Crippen MR) is 40.6 cm³/mol. The maximum atomic E-state index is 3.97. The minimum atomic E-state index is 0.660. The lowest BCUT2D eigenvalue weighted by Crippen LogP contribution is -1.87. The van der Waals surface area contributed by atoms with Crippen LogP contribution in [0.25, 0.3) is 0 Å². The van der Waals surface area contributed by atoms with Crippen LogP contribution >= 0.6 is 0 Å². The summed E-state index contributed by atoms with van der Waals surface area (Å²) < 4.78 is 0. The third-order valence-corrected chi connectivity index (χ3v) is 1.31. The van der Waals surface area contributed by atoms with Crippen LogP contribution in [0.5, 0.6) is 0 Å². The first-order chi connectivity index (χ1) is 4.39. The molecule has 1 atom stereocenters. The van der Waals surface area contributed by atoms with Crippen molar-refractivity contribution in [1.29, 1.82) is 0 Å². The number of hydrogen-bond acceptors (Lipinski definition) is 1. The van der Waals surface area contributed by atoms with Crippen LogP contribution in [0.4, 0.5) is 0 Å². The van der Waals surface area contributed by atoms with E-state index >= 15 is 0 Å². The Bertz CT molecular complexity index is 154. The van der Waals surface area contributed by atoms with Gasteiger partial charge in [-0.05, 0) is 18.4 Å². The molecule has 9 heavy (non-hydrogen) atoms. The SMILES string of the molecule is CC1\C=C/C=N\C=C/C1. The van der Waals surface area contributed by atoms with Gasteiger partial charge in [-0.3, -0.25) is 4.99 Å². The lowest BCUT2D eigenvalue weighted by Gasteiger charge is -1.99. The average Bonchev–Trinajstić information content (AvgIpc) is 1.79. The van der Waals surface area contributed by atoms with Gasteiger partial charge in [0, 0.05) is 12.4 Å². The maximum absolute atomic E-state index is 3.97. The van der Waals surface area contributed by atoms with Gasteiger partial charge in [0.2, 0.25) is 0 Å². The molecule has 1 rings (SSSR count). The number of allylic oxidation sites excluding steroid dienone is 3. The number of aliphatic imine (C=N–C) groups is 1. The smallest absolute Gasteiger partial charge is 0.0264 e. The summed E-state index contributed by atoms with van der Waals surface area (Å²) in [5.41, 5.74) is 0. The zero-order valence-corrected chi connectivity index (χ0v) is 5.62. The standard InChI is InChI=1S/C8H11N/c1-8-4-2-6-9-7-3-5-8/h2-4,6-8H,5H2,1H3/b4-2-,7-3-,9-6-. The third-order valence-electron chi connectivity index (χ3n) is 1.31. The third kappa shape index (κ3) is 2.27. The molecule has 0 bridgehead atoms. The number of hydrogen-bond donors (Lipinski definition) is 0. The van der Waals surface area contributed by atoms with Crippen molar-refractivity contribution in [3.63, 3.8) is 0 Å². The van der Waals surface area contributed by atoms with Gasteiger partial charge in [0.25, 0.3) is 0 Å². The van der Waals surface area contributed by atoms with Gasteiger partial charge in [0.1, 0.15) is 0 Å². The molecule has 0 N–H and O–H groups in total. The molecule has 0 amide bonds. The quantitative estimate of drug-likeness (QED) is 0.465. The van der Waals surface area contributed by atoms with Gasteiger partial charge in [-0.1, -0.05) is 19.1 Å². The normalized spacial score (nSPS) is 36.3. The summed E-state index contributed by atoms with van der Waals surface area (Å²) in [4.78, 5) is 3.97. The van der Waals surface area contributed by atoms with Crippen molar-refractivity contribution in [3.05, 3.63) is 24.4 Å². The fraction of sp³-hybridized carbons (Fsp3) is 0.375. The van der Waals surface area contributed by atoms with Crippen LogP contribution in [0.1, 0.15) is 13.3 Å². The highest BCUT2D eigenvalue weighted by Gasteiger charge is 1.91. The van der Waals surface area contributed by atoms with Gasteiger partial charge in [-0.2, -0.15) is 0 Å². The van der Waals surface area contributed by atoms with Crippen molar-refractivity contribution in [2.24, 2.45) is 10.9 Å². The molecule has 0 spiro atoms. The molecule has 0 aromatic carbocycles. The molecule has 0 radical (unpaired) electrons. The molecule has 0 aromatic heterocycles. The van der Waals surface area contributed by atoms with E-state index in [1.54, 1.807) is 0 Å². The van der Waals surface area contributed by atoms with Crippen molar-refractivity contribution in [2.45, 2.75) is 13.3 Å². The van der Waals surface area contributed by atoms with E-state index in [9.17, 15) is 0 Å². The molecule has 0 saturated carbocycles. The summed E-state index contributed by atoms with van der Waals surface area (Å²) in [6, 6.07) is 0. The highest BCUT2D eigenvalue weighted by molar-refractivity contribution is 5.71. The molecular formula is C8H11N. The first kappa shape index (κ1) is 6.27. The number of rotatable bonds is 0. The van der Waals surface area contributed by atoms with E-state index in [0.29, 0.717) is 5.92 Å². The van der Waals surface area contributed by atoms with Crippen LogP contribution in [0.3, 0.4) is 0 Å². The van der Waals surface area contributed by atoms with E-state index in [-0.39, 0.29) is 0 Å². The van der Waals surface area contributed by atoms with E-state index in [0.717, 1.165) is 6.42 Å². The average molecular weight is 121 g/mol. The summed E-state index contributed by atoms with van der Waals surface area (Å²) in [7, 11) is 0. The fourth-order valence-electron chi connectivity index (χ4n) is 0.754. The minimum Gasteiger partial charge on any atom is -0.265 e. The Balaban J connectivity index is 2.59. The second-order valence-electron chi connectivity index (χ2n) is 2.28. The molecule has 0 aromatic rings. The van der Waals surface area contributed by atoms with Gasteiger partial charge in [0.15, 0.2) is 0 Å². The van der Waals surface area contributed by atoms with E-state index < -0.39 is 0 Å². The van der Waals surface area contributed by atoms with Crippen molar-refractivity contribution in [3.8, 4) is 0 Å². The van der Waals surface area contributed by atoms with Crippen LogP contribution in [0, 0.1) is 5.92 Å². The molecule has 1 aliphatic rings. The van der Waals surface area contributed by atoms with Gasteiger partial charge in [-0.25, -0.2) is 0 Å². The molecule has 1 nitrogen and oxygen atoms in total. The predicted octanol–water partition coefficient (Wildman–Crippen LogP) is 2.17. The largest absolute Gasteiger partial charge is 0.265 e. The van der Waals surface area contributed by atoms with Crippen LogP contribution in [0.2, 0.25) is 0 Å². The topological polar surface area (TPSA) is 12.4 Å². The summed E-state index contributed by atoms with van der Waals surface area (Å²) in [5, 5.41) is 0. The van der Waals surface area contributed by atoms with Crippen LogP contribution in [0.15, 0.2) is 29.4 Å². The molecule has 1 unspecified atom stereocenters. The molecule has 1 heteroatoms. The molecular weight excluding hydrogens is 110 g/mol. The molecule has 0 fully saturated rings. The van der Waals surface area contributed by atoms with Crippen LogP contribution in [-0.4, -0.2) is 6.21 Å². The van der Waals surface area contributed by atoms with Gasteiger partial charge in [-0.15, -0.1) is 0 Å². The van der Waals surface area contributed by atoms with Crippen LogP contribution < -0.4 is 0 Å². The zero-order chi connectivity index (χ0) is 6.53. The van der Waals surface area contributed by atoms with E-state index in [1.165, 1.54) is 0 Å². The van der Waals surface area contributed by atoms with E-state index in [4.69, 9.17) is 0 Å². The van der Waals surface area contributed by atoms with Crippen molar-refractivity contribution >= 4 is 6.21 Å². The molecule has 0 saturated heterocycles. The molecule has 0 aliphatic carbocycles. The van der Waals surface area contributed by atoms with Crippen molar-refractivity contribution in [2.75, 3.05) is 0 Å². The molecule has 48 valence electrons. The highest BCUT2D eigenvalue weighted by Crippen LogP contribution is 2.05. The monoisotopic (exact) mass is 121 g/mol. The Labute approximate surface area is 55.8 Å². The second-order valence-corrected chi connectivity index (χ2v) is 2.28. The Morgan fingerprint density at radius 3 is 3.33 bits per heavy atom. The highest BCUT2D eigenvalue weighted by atomic mass is 14.7. The Kier molecular flexibility index (Phi) is 2.25. The maximum Gasteiger partial charge on any atom is 0.0264 e. The number of nitrogens with zero attached hydrogens (tertiary/aromatic N) is 1. The Hall–Kier alpha value is -0.850. The summed E-state index contributed by atoms with van der Waals surface area (Å²) >= 11 is 0. The zero-order valence-electron chi connectivity index (χ0n) is 5.62. The summed E-state index contributed by atoms with van der Waals surface area (Å²) in [6.07, 6.45) is 11.0. The Morgan fingerprint density at radius 2 is 2.44 bits per heavy atom. The van der Waals surface area contributed by atoms with Crippen molar-refractivity contribution < 1.29 is 0 Å². The Morgan fingerprint density at radius 1 is 1.56 bits per heavy atom. The van der Waals surface area contributed by atoms with E-state index in [1.807, 2.05) is 18.5 Å². The summed E-state index contributed by atoms with van der Waals surface area (Å²) in [6.45, 7) is 2.19. The second kappa shape index (κ2) is 3.23. The van der Waals surface area contributed by atoms with Gasteiger partial charge in [0.05, 0.1) is 0 Å². The van der Waals surface area contributed by atoms with Crippen molar-refractivity contribution in [1.82, 2.24) is 0 Å². The lowest BCUT2D eigenvalue weighted by molar-refractivity contribution is 0.743. The van der Waals surface area contributed by atoms with E-state index in [2.05, 4.69) is 24.1 Å².